The molecule has 1 amide bonds. The Bertz CT molecular complexity index is 390. The standard InChI is InChI=1S/C16H25NO/c1-6-11-16(4,5)17-15(18)14-9-7-13(8-10-14)12(2)3/h7-10,12H,6,11H2,1-5H3,(H,17,18). The molecule has 0 spiro atoms. The van der Waals surface area contributed by atoms with Gasteiger partial charge in [0.15, 0.2) is 0 Å². The molecule has 0 heterocycles. The van der Waals surface area contributed by atoms with Gasteiger partial charge in [0.25, 0.3) is 5.91 Å². The van der Waals surface area contributed by atoms with Crippen LogP contribution in [0.5, 0.6) is 0 Å². The molecule has 1 N–H and O–H groups in total. The lowest BCUT2D eigenvalue weighted by molar-refractivity contribution is 0.0909. The molecule has 100 valence electrons. The number of carbonyl (C=O) groups excluding carboxylic acids is 1. The van der Waals surface area contributed by atoms with Crippen molar-refractivity contribution in [3.05, 3.63) is 35.4 Å². The van der Waals surface area contributed by atoms with Gasteiger partial charge in [-0.15, -0.1) is 0 Å². The largest absolute Gasteiger partial charge is 0.347 e. The quantitative estimate of drug-likeness (QED) is 0.833. The average molecular weight is 247 g/mol. The highest BCUT2D eigenvalue weighted by Crippen LogP contribution is 2.16. The second kappa shape index (κ2) is 6.03. The van der Waals surface area contributed by atoms with E-state index in [2.05, 4.69) is 39.9 Å². The number of hydrogen-bond acceptors (Lipinski definition) is 1. The van der Waals surface area contributed by atoms with Crippen molar-refractivity contribution in [1.29, 1.82) is 0 Å². The zero-order valence-corrected chi connectivity index (χ0v) is 12.2. The van der Waals surface area contributed by atoms with Gasteiger partial charge in [0.05, 0.1) is 0 Å². The highest BCUT2D eigenvalue weighted by Gasteiger charge is 2.19. The van der Waals surface area contributed by atoms with Crippen molar-refractivity contribution >= 4 is 5.91 Å². The zero-order chi connectivity index (χ0) is 13.8. The Kier molecular flexibility index (Phi) is 4.94. The molecular formula is C16H25NO. The summed E-state index contributed by atoms with van der Waals surface area (Å²) in [4.78, 5) is 12.1. The summed E-state index contributed by atoms with van der Waals surface area (Å²) in [6.07, 6.45) is 2.06. The molecule has 2 nitrogen and oxygen atoms in total. The van der Waals surface area contributed by atoms with Crippen LogP contribution in [0.4, 0.5) is 0 Å². The summed E-state index contributed by atoms with van der Waals surface area (Å²) in [7, 11) is 0. The molecule has 0 fully saturated rings. The third-order valence-electron chi connectivity index (χ3n) is 3.17. The first-order valence-electron chi connectivity index (χ1n) is 6.78. The first-order valence-corrected chi connectivity index (χ1v) is 6.78. The maximum Gasteiger partial charge on any atom is 0.251 e. The Morgan fingerprint density at radius 2 is 1.78 bits per heavy atom. The van der Waals surface area contributed by atoms with E-state index in [4.69, 9.17) is 0 Å². The minimum absolute atomic E-state index is 0.0174. The van der Waals surface area contributed by atoms with Crippen LogP contribution in [0.1, 0.15) is 69.3 Å². The van der Waals surface area contributed by atoms with E-state index in [1.54, 1.807) is 0 Å². The van der Waals surface area contributed by atoms with E-state index in [1.807, 2.05) is 24.3 Å². The van der Waals surface area contributed by atoms with Gasteiger partial charge in [-0.1, -0.05) is 39.3 Å². The van der Waals surface area contributed by atoms with Crippen molar-refractivity contribution in [2.75, 3.05) is 0 Å². The molecule has 1 rings (SSSR count). The molecule has 0 unspecified atom stereocenters. The van der Waals surface area contributed by atoms with Crippen molar-refractivity contribution < 1.29 is 4.79 Å². The van der Waals surface area contributed by atoms with Gasteiger partial charge in [-0.25, -0.2) is 0 Å². The van der Waals surface area contributed by atoms with Crippen molar-refractivity contribution in [2.45, 2.75) is 58.9 Å². The lowest BCUT2D eigenvalue weighted by Gasteiger charge is -2.25. The fraction of sp³-hybridized carbons (Fsp3) is 0.562. The van der Waals surface area contributed by atoms with Crippen LogP contribution in [0, 0.1) is 0 Å². The van der Waals surface area contributed by atoms with Gasteiger partial charge >= 0.3 is 0 Å². The van der Waals surface area contributed by atoms with Gasteiger partial charge in [-0.05, 0) is 43.9 Å². The van der Waals surface area contributed by atoms with Crippen LogP contribution in [0.2, 0.25) is 0 Å². The maximum atomic E-state index is 12.1. The Balaban J connectivity index is 2.73. The van der Waals surface area contributed by atoms with Gasteiger partial charge in [0, 0.05) is 11.1 Å². The lowest BCUT2D eigenvalue weighted by Crippen LogP contribution is -2.43. The first-order chi connectivity index (χ1) is 8.35. The third-order valence-corrected chi connectivity index (χ3v) is 3.17. The number of benzene rings is 1. The minimum Gasteiger partial charge on any atom is -0.347 e. The summed E-state index contributed by atoms with van der Waals surface area (Å²) in [6, 6.07) is 7.89. The minimum atomic E-state index is -0.136. The summed E-state index contributed by atoms with van der Waals surface area (Å²) < 4.78 is 0. The number of nitrogens with one attached hydrogen (secondary N) is 1. The molecular weight excluding hydrogens is 222 g/mol. The summed E-state index contributed by atoms with van der Waals surface area (Å²) in [5.41, 5.74) is 1.87. The van der Waals surface area contributed by atoms with E-state index in [9.17, 15) is 4.79 Å². The Labute approximate surface area is 111 Å². The van der Waals surface area contributed by atoms with E-state index >= 15 is 0 Å². The molecule has 0 aromatic heterocycles. The van der Waals surface area contributed by atoms with Crippen LogP contribution in [0.3, 0.4) is 0 Å². The molecule has 2 heteroatoms. The third kappa shape index (κ3) is 4.17. The van der Waals surface area contributed by atoms with Gasteiger partial charge < -0.3 is 5.32 Å². The second-order valence-corrected chi connectivity index (χ2v) is 5.86. The molecule has 1 aromatic rings. The number of amides is 1. The summed E-state index contributed by atoms with van der Waals surface area (Å²) in [6.45, 7) is 10.6. The van der Waals surface area contributed by atoms with E-state index in [0.717, 1.165) is 18.4 Å². The molecule has 0 saturated heterocycles. The van der Waals surface area contributed by atoms with Crippen molar-refractivity contribution in [2.24, 2.45) is 0 Å². The first kappa shape index (κ1) is 14.7. The van der Waals surface area contributed by atoms with Gasteiger partial charge in [-0.3, -0.25) is 4.79 Å². The van der Waals surface area contributed by atoms with Crippen LogP contribution in [0.15, 0.2) is 24.3 Å². The molecule has 0 aliphatic carbocycles. The molecule has 0 saturated carbocycles. The van der Waals surface area contributed by atoms with Crippen LogP contribution in [-0.2, 0) is 0 Å². The van der Waals surface area contributed by atoms with Crippen LogP contribution >= 0.6 is 0 Å². The van der Waals surface area contributed by atoms with Crippen LogP contribution in [-0.4, -0.2) is 11.4 Å². The number of carbonyl (C=O) groups is 1. The molecule has 0 aliphatic heterocycles. The lowest BCUT2D eigenvalue weighted by atomic mass is 9.97. The zero-order valence-electron chi connectivity index (χ0n) is 12.2. The van der Waals surface area contributed by atoms with Crippen LogP contribution in [0.25, 0.3) is 0 Å². The summed E-state index contributed by atoms with van der Waals surface area (Å²) in [5, 5.41) is 3.08. The molecule has 0 bridgehead atoms. The predicted molar refractivity (Wildman–Crippen MR) is 77.0 cm³/mol. The molecule has 0 radical (unpaired) electrons. The molecule has 18 heavy (non-hydrogen) atoms. The second-order valence-electron chi connectivity index (χ2n) is 5.86. The normalized spacial score (nSPS) is 11.7. The van der Waals surface area contributed by atoms with Crippen molar-refractivity contribution in [3.63, 3.8) is 0 Å². The van der Waals surface area contributed by atoms with Crippen molar-refractivity contribution in [3.8, 4) is 0 Å². The molecule has 0 aliphatic rings. The Morgan fingerprint density at radius 3 is 2.22 bits per heavy atom. The Hall–Kier alpha value is -1.31. The highest BCUT2D eigenvalue weighted by atomic mass is 16.1. The van der Waals surface area contributed by atoms with Gasteiger partial charge in [0.2, 0.25) is 0 Å². The maximum absolute atomic E-state index is 12.1. The fourth-order valence-electron chi connectivity index (χ4n) is 2.09. The number of hydrogen-bond donors (Lipinski definition) is 1. The van der Waals surface area contributed by atoms with E-state index < -0.39 is 0 Å². The van der Waals surface area contributed by atoms with Gasteiger partial charge in [0.1, 0.15) is 0 Å². The SMILES string of the molecule is CCCC(C)(C)NC(=O)c1ccc(C(C)C)cc1. The van der Waals surface area contributed by atoms with E-state index in [0.29, 0.717) is 5.92 Å². The average Bonchev–Trinajstić information content (AvgIpc) is 2.28. The number of rotatable bonds is 5. The van der Waals surface area contributed by atoms with E-state index in [1.165, 1.54) is 5.56 Å². The Morgan fingerprint density at radius 1 is 1.22 bits per heavy atom. The fourth-order valence-corrected chi connectivity index (χ4v) is 2.09. The van der Waals surface area contributed by atoms with Crippen LogP contribution < -0.4 is 5.32 Å². The summed E-state index contributed by atoms with van der Waals surface area (Å²) >= 11 is 0. The smallest absolute Gasteiger partial charge is 0.251 e. The highest BCUT2D eigenvalue weighted by molar-refractivity contribution is 5.94. The van der Waals surface area contributed by atoms with Crippen molar-refractivity contribution in [1.82, 2.24) is 5.32 Å². The summed E-state index contributed by atoms with van der Waals surface area (Å²) in [5.74, 6) is 0.516. The van der Waals surface area contributed by atoms with E-state index in [-0.39, 0.29) is 11.4 Å². The molecule has 1 aromatic carbocycles. The topological polar surface area (TPSA) is 29.1 Å². The molecule has 0 atom stereocenters. The predicted octanol–water partition coefficient (Wildman–Crippen LogP) is 4.12. The monoisotopic (exact) mass is 247 g/mol. The van der Waals surface area contributed by atoms with Gasteiger partial charge in [-0.2, -0.15) is 0 Å².